The molecule has 0 amide bonds. The van der Waals surface area contributed by atoms with Crippen LogP contribution in [0.15, 0.2) is 32.7 Å². The van der Waals surface area contributed by atoms with Crippen molar-refractivity contribution in [1.82, 2.24) is 15.5 Å². The summed E-state index contributed by atoms with van der Waals surface area (Å²) in [5.41, 5.74) is 0.636. The van der Waals surface area contributed by atoms with Crippen molar-refractivity contribution in [3.05, 3.63) is 35.5 Å². The van der Waals surface area contributed by atoms with Gasteiger partial charge in [-0.1, -0.05) is 13.0 Å². The molecule has 0 aliphatic heterocycles. The van der Waals surface area contributed by atoms with Crippen LogP contribution in [0.5, 0.6) is 0 Å². The minimum Gasteiger partial charge on any atom is -0.416 e. The van der Waals surface area contributed by atoms with Gasteiger partial charge in [0.2, 0.25) is 5.89 Å². The van der Waals surface area contributed by atoms with Gasteiger partial charge in [-0.25, -0.2) is 4.39 Å². The van der Waals surface area contributed by atoms with Crippen molar-refractivity contribution in [3.8, 4) is 0 Å². The van der Waals surface area contributed by atoms with Gasteiger partial charge in [-0.05, 0) is 36.9 Å². The molecule has 0 fully saturated rings. The van der Waals surface area contributed by atoms with Crippen molar-refractivity contribution < 1.29 is 8.81 Å². The van der Waals surface area contributed by atoms with E-state index in [1.807, 2.05) is 6.07 Å². The Hall–Kier alpha value is -1.40. The smallest absolute Gasteiger partial charge is 0.281 e. The maximum atomic E-state index is 13.9. The fourth-order valence-corrected chi connectivity index (χ4v) is 2.48. The van der Waals surface area contributed by atoms with Gasteiger partial charge < -0.3 is 9.73 Å². The lowest BCUT2D eigenvalue weighted by Crippen LogP contribution is -2.15. The molecule has 0 spiro atoms. The second kappa shape index (κ2) is 6.68. The van der Waals surface area contributed by atoms with Gasteiger partial charge in [0, 0.05) is 23.9 Å². The molecule has 19 heavy (non-hydrogen) atoms. The minimum absolute atomic E-state index is 0.218. The molecule has 1 aromatic carbocycles. The number of hydrogen-bond acceptors (Lipinski definition) is 5. The van der Waals surface area contributed by atoms with Crippen LogP contribution in [0.4, 0.5) is 4.39 Å². The van der Waals surface area contributed by atoms with Crippen LogP contribution in [0.3, 0.4) is 0 Å². The Balaban J connectivity index is 2.16. The van der Waals surface area contributed by atoms with Crippen LogP contribution in [0.2, 0.25) is 0 Å². The van der Waals surface area contributed by atoms with Crippen LogP contribution in [-0.4, -0.2) is 16.7 Å². The Morgan fingerprint density at radius 1 is 1.37 bits per heavy atom. The molecule has 1 aromatic heterocycles. The number of hydrogen-bond donors (Lipinski definition) is 1. The van der Waals surface area contributed by atoms with Crippen LogP contribution in [0.1, 0.15) is 24.8 Å². The highest BCUT2D eigenvalue weighted by molar-refractivity contribution is 7.99. The largest absolute Gasteiger partial charge is 0.416 e. The van der Waals surface area contributed by atoms with Crippen molar-refractivity contribution in [1.29, 1.82) is 0 Å². The van der Waals surface area contributed by atoms with Gasteiger partial charge in [0.1, 0.15) is 5.82 Å². The Kier molecular flexibility index (Phi) is 4.93. The molecule has 4 nitrogen and oxygen atoms in total. The number of aryl methyl sites for hydroxylation is 1. The number of nitrogens with one attached hydrogen (secondary N) is 1. The predicted octanol–water partition coefficient (Wildman–Crippen LogP) is 3.17. The number of halogens is 1. The van der Waals surface area contributed by atoms with Crippen molar-refractivity contribution in [2.75, 3.05) is 6.54 Å². The highest BCUT2D eigenvalue weighted by Crippen LogP contribution is 2.30. The van der Waals surface area contributed by atoms with Crippen LogP contribution in [0.25, 0.3) is 0 Å². The highest BCUT2D eigenvalue weighted by Gasteiger charge is 2.12. The first kappa shape index (κ1) is 14.0. The van der Waals surface area contributed by atoms with Crippen LogP contribution in [-0.2, 0) is 6.54 Å². The predicted molar refractivity (Wildman–Crippen MR) is 71.6 cm³/mol. The zero-order chi connectivity index (χ0) is 13.7. The third-order valence-corrected chi connectivity index (χ3v) is 3.45. The molecule has 2 aromatic rings. The molecule has 1 N–H and O–H groups in total. The Morgan fingerprint density at radius 2 is 2.21 bits per heavy atom. The van der Waals surface area contributed by atoms with Gasteiger partial charge in [0.15, 0.2) is 0 Å². The number of rotatable bonds is 6. The molecule has 102 valence electrons. The van der Waals surface area contributed by atoms with Crippen LogP contribution < -0.4 is 5.32 Å². The second-order valence-corrected chi connectivity index (χ2v) is 5.08. The summed E-state index contributed by atoms with van der Waals surface area (Å²) in [7, 11) is 0. The monoisotopic (exact) mass is 281 g/mol. The van der Waals surface area contributed by atoms with Crippen molar-refractivity contribution in [3.63, 3.8) is 0 Å². The minimum atomic E-state index is -0.218. The van der Waals surface area contributed by atoms with Gasteiger partial charge in [0.05, 0.1) is 0 Å². The third-order valence-electron chi connectivity index (χ3n) is 2.51. The van der Waals surface area contributed by atoms with E-state index in [9.17, 15) is 4.39 Å². The molecule has 0 aliphatic rings. The van der Waals surface area contributed by atoms with Gasteiger partial charge in [0.25, 0.3) is 5.22 Å². The lowest BCUT2D eigenvalue weighted by molar-refractivity contribution is 0.429. The van der Waals surface area contributed by atoms with Crippen molar-refractivity contribution in [2.45, 2.75) is 36.9 Å². The fraction of sp³-hybridized carbons (Fsp3) is 0.385. The lowest BCUT2D eigenvalue weighted by atomic mass is 10.2. The maximum absolute atomic E-state index is 13.9. The summed E-state index contributed by atoms with van der Waals surface area (Å²) in [5.74, 6) is 0.286. The van der Waals surface area contributed by atoms with Crippen LogP contribution >= 0.6 is 11.8 Å². The van der Waals surface area contributed by atoms with E-state index in [0.29, 0.717) is 23.2 Å². The standard InChI is InChI=1S/C13H16FN3OS/c1-3-7-15-8-10-11(14)5-4-6-12(10)19-13-17-16-9(2)18-13/h4-6,15H,3,7-8H2,1-2H3. The molecule has 0 saturated carbocycles. The van der Waals surface area contributed by atoms with Gasteiger partial charge >= 0.3 is 0 Å². The maximum Gasteiger partial charge on any atom is 0.281 e. The molecule has 0 saturated heterocycles. The first-order valence-electron chi connectivity index (χ1n) is 6.16. The molecule has 0 radical (unpaired) electrons. The second-order valence-electron chi connectivity index (χ2n) is 4.08. The van der Waals surface area contributed by atoms with E-state index in [2.05, 4.69) is 22.4 Å². The Labute approximate surface area is 115 Å². The average Bonchev–Trinajstić information content (AvgIpc) is 2.78. The van der Waals surface area contributed by atoms with E-state index >= 15 is 0 Å². The molecule has 0 bridgehead atoms. The summed E-state index contributed by atoms with van der Waals surface area (Å²) < 4.78 is 19.2. The van der Waals surface area contributed by atoms with Crippen molar-refractivity contribution >= 4 is 11.8 Å². The normalized spacial score (nSPS) is 10.9. The first-order chi connectivity index (χ1) is 9.20. The molecule has 6 heteroatoms. The summed E-state index contributed by atoms with van der Waals surface area (Å²) in [6.45, 7) is 5.16. The Bertz CT molecular complexity index is 544. The number of aromatic nitrogens is 2. The third kappa shape index (κ3) is 3.78. The van der Waals surface area contributed by atoms with E-state index in [1.165, 1.54) is 17.8 Å². The SMILES string of the molecule is CCCNCc1c(F)cccc1Sc1nnc(C)o1. The van der Waals surface area contributed by atoms with Crippen LogP contribution in [0, 0.1) is 12.7 Å². The Morgan fingerprint density at radius 3 is 2.89 bits per heavy atom. The summed E-state index contributed by atoms with van der Waals surface area (Å²) in [5, 5.41) is 11.3. The quantitative estimate of drug-likeness (QED) is 0.824. The summed E-state index contributed by atoms with van der Waals surface area (Å²) in [6.07, 6.45) is 1.01. The molecule has 0 atom stereocenters. The van der Waals surface area contributed by atoms with E-state index in [0.717, 1.165) is 17.9 Å². The summed E-state index contributed by atoms with van der Waals surface area (Å²) in [6, 6.07) is 5.01. The lowest BCUT2D eigenvalue weighted by Gasteiger charge is -2.09. The number of nitrogens with zero attached hydrogens (tertiary/aromatic N) is 2. The zero-order valence-corrected chi connectivity index (χ0v) is 11.8. The van der Waals surface area contributed by atoms with Gasteiger partial charge in [-0.3, -0.25) is 0 Å². The van der Waals surface area contributed by atoms with E-state index in [4.69, 9.17) is 4.42 Å². The van der Waals surface area contributed by atoms with Gasteiger partial charge in [-0.15, -0.1) is 10.2 Å². The van der Waals surface area contributed by atoms with E-state index in [1.54, 1.807) is 13.0 Å². The molecule has 0 aliphatic carbocycles. The van der Waals surface area contributed by atoms with E-state index < -0.39 is 0 Å². The topological polar surface area (TPSA) is 51.0 Å². The van der Waals surface area contributed by atoms with E-state index in [-0.39, 0.29) is 5.82 Å². The van der Waals surface area contributed by atoms with Crippen molar-refractivity contribution in [2.24, 2.45) is 0 Å². The molecule has 1 heterocycles. The first-order valence-corrected chi connectivity index (χ1v) is 6.98. The summed E-state index contributed by atoms with van der Waals surface area (Å²) >= 11 is 1.29. The summed E-state index contributed by atoms with van der Waals surface area (Å²) in [4.78, 5) is 0.798. The zero-order valence-electron chi connectivity index (χ0n) is 10.9. The molecule has 2 rings (SSSR count). The fourth-order valence-electron chi connectivity index (χ4n) is 1.61. The number of benzene rings is 1. The molecular formula is C13H16FN3OS. The van der Waals surface area contributed by atoms with Gasteiger partial charge in [-0.2, -0.15) is 0 Å². The molecule has 0 unspecified atom stereocenters. The highest BCUT2D eigenvalue weighted by atomic mass is 32.2. The molecular weight excluding hydrogens is 265 g/mol. The average molecular weight is 281 g/mol.